The number of aryl methyl sites for hydroxylation is 1. The first-order chi connectivity index (χ1) is 10.2. The average Bonchev–Trinajstić information content (AvgIpc) is 2.48. The molecule has 0 amide bonds. The van der Waals surface area contributed by atoms with Crippen LogP contribution in [-0.4, -0.2) is 29.0 Å². The van der Waals surface area contributed by atoms with Crippen LogP contribution in [0.15, 0.2) is 48.8 Å². The van der Waals surface area contributed by atoms with Crippen LogP contribution in [0.1, 0.15) is 29.7 Å². The fraction of sp³-hybridized carbons (Fsp3) is 0.389. The monoisotopic (exact) mass is 281 g/mol. The number of aromatic nitrogens is 1. The molecule has 2 atom stereocenters. The summed E-state index contributed by atoms with van der Waals surface area (Å²) in [6.45, 7) is 7.38. The van der Waals surface area contributed by atoms with Gasteiger partial charge in [0, 0.05) is 44.1 Å². The van der Waals surface area contributed by atoms with Gasteiger partial charge in [0.05, 0.1) is 0 Å². The van der Waals surface area contributed by atoms with E-state index < -0.39 is 0 Å². The lowest BCUT2D eigenvalue weighted by Crippen LogP contribution is -2.50. The second kappa shape index (κ2) is 6.37. The Morgan fingerprint density at radius 3 is 2.81 bits per heavy atom. The third-order valence-corrected chi connectivity index (χ3v) is 4.11. The first-order valence-electron chi connectivity index (χ1n) is 7.65. The molecule has 2 heterocycles. The number of hydrogen-bond acceptors (Lipinski definition) is 3. The number of piperazine rings is 1. The molecule has 2 unspecified atom stereocenters. The second-order valence-corrected chi connectivity index (χ2v) is 6.04. The van der Waals surface area contributed by atoms with E-state index in [0.717, 1.165) is 19.6 Å². The van der Waals surface area contributed by atoms with E-state index in [2.05, 4.69) is 65.4 Å². The molecular formula is C18H23N3. The lowest BCUT2D eigenvalue weighted by Gasteiger charge is -2.39. The van der Waals surface area contributed by atoms with E-state index in [1.165, 1.54) is 16.7 Å². The van der Waals surface area contributed by atoms with Crippen molar-refractivity contribution in [2.45, 2.75) is 32.5 Å². The van der Waals surface area contributed by atoms with Crippen LogP contribution in [0.25, 0.3) is 0 Å². The third kappa shape index (κ3) is 3.49. The zero-order valence-electron chi connectivity index (χ0n) is 12.8. The van der Waals surface area contributed by atoms with Gasteiger partial charge in [-0.25, -0.2) is 0 Å². The Kier molecular flexibility index (Phi) is 4.32. The molecule has 1 N–H and O–H groups in total. The summed E-state index contributed by atoms with van der Waals surface area (Å²) in [5, 5.41) is 3.60. The molecule has 1 saturated heterocycles. The van der Waals surface area contributed by atoms with Crippen molar-refractivity contribution in [1.82, 2.24) is 15.2 Å². The van der Waals surface area contributed by atoms with Crippen LogP contribution < -0.4 is 5.32 Å². The molecule has 3 nitrogen and oxygen atoms in total. The van der Waals surface area contributed by atoms with Gasteiger partial charge in [0.15, 0.2) is 0 Å². The number of pyridine rings is 1. The van der Waals surface area contributed by atoms with Crippen LogP contribution in [0.3, 0.4) is 0 Å². The Hall–Kier alpha value is -1.71. The predicted molar refractivity (Wildman–Crippen MR) is 86.0 cm³/mol. The number of hydrogen-bond donors (Lipinski definition) is 1. The molecule has 1 aromatic heterocycles. The smallest absolute Gasteiger partial charge is 0.0476 e. The highest BCUT2D eigenvalue weighted by molar-refractivity contribution is 5.22. The minimum absolute atomic E-state index is 0.433. The molecule has 2 aromatic rings. The Balaban J connectivity index is 1.82. The van der Waals surface area contributed by atoms with Gasteiger partial charge in [0.25, 0.3) is 0 Å². The molecule has 1 aliphatic heterocycles. The highest BCUT2D eigenvalue weighted by Gasteiger charge is 2.26. The Morgan fingerprint density at radius 2 is 2.05 bits per heavy atom. The summed E-state index contributed by atoms with van der Waals surface area (Å²) in [5.41, 5.74) is 3.91. The van der Waals surface area contributed by atoms with Gasteiger partial charge >= 0.3 is 0 Å². The molecular weight excluding hydrogens is 258 g/mol. The van der Waals surface area contributed by atoms with Crippen LogP contribution in [0.4, 0.5) is 0 Å². The zero-order chi connectivity index (χ0) is 14.7. The predicted octanol–water partition coefficient (Wildman–Crippen LogP) is 2.93. The van der Waals surface area contributed by atoms with Gasteiger partial charge in [0.1, 0.15) is 0 Å². The van der Waals surface area contributed by atoms with Crippen molar-refractivity contribution in [2.24, 2.45) is 0 Å². The molecule has 0 radical (unpaired) electrons. The molecule has 21 heavy (non-hydrogen) atoms. The van der Waals surface area contributed by atoms with Crippen LogP contribution in [0, 0.1) is 6.92 Å². The molecule has 0 aliphatic carbocycles. The van der Waals surface area contributed by atoms with Gasteiger partial charge < -0.3 is 5.32 Å². The van der Waals surface area contributed by atoms with E-state index in [-0.39, 0.29) is 0 Å². The summed E-state index contributed by atoms with van der Waals surface area (Å²) in [7, 11) is 0. The summed E-state index contributed by atoms with van der Waals surface area (Å²) in [6, 6.07) is 14.0. The van der Waals surface area contributed by atoms with Crippen molar-refractivity contribution in [1.29, 1.82) is 0 Å². The van der Waals surface area contributed by atoms with Crippen LogP contribution in [0.2, 0.25) is 0 Å². The van der Waals surface area contributed by atoms with E-state index in [1.807, 2.05) is 12.4 Å². The van der Waals surface area contributed by atoms with Crippen molar-refractivity contribution < 1.29 is 0 Å². The van der Waals surface area contributed by atoms with Gasteiger partial charge in [-0.1, -0.05) is 36.4 Å². The fourth-order valence-corrected chi connectivity index (χ4v) is 3.10. The summed E-state index contributed by atoms with van der Waals surface area (Å²) < 4.78 is 0. The summed E-state index contributed by atoms with van der Waals surface area (Å²) >= 11 is 0. The third-order valence-electron chi connectivity index (χ3n) is 4.11. The van der Waals surface area contributed by atoms with Crippen LogP contribution >= 0.6 is 0 Å². The van der Waals surface area contributed by atoms with Gasteiger partial charge in [-0.05, 0) is 30.5 Å². The largest absolute Gasteiger partial charge is 0.311 e. The van der Waals surface area contributed by atoms with Gasteiger partial charge in [-0.2, -0.15) is 0 Å². The number of rotatable bonds is 3. The minimum atomic E-state index is 0.433. The number of nitrogens with one attached hydrogen (secondary N) is 1. The van der Waals surface area contributed by atoms with Crippen molar-refractivity contribution >= 4 is 0 Å². The lowest BCUT2D eigenvalue weighted by molar-refractivity contribution is 0.127. The quantitative estimate of drug-likeness (QED) is 0.937. The highest BCUT2D eigenvalue weighted by atomic mass is 15.2. The van der Waals surface area contributed by atoms with E-state index in [0.29, 0.717) is 12.1 Å². The maximum atomic E-state index is 4.32. The van der Waals surface area contributed by atoms with Crippen LogP contribution in [0.5, 0.6) is 0 Å². The SMILES string of the molecule is Cc1cncc(CN2CC(C)NCC2c2ccccc2)c1. The standard InChI is InChI=1S/C18H23N3/c1-14-8-16(10-19-9-14)13-21-12-15(2)20-11-18(21)17-6-4-3-5-7-17/h3-10,15,18,20H,11-13H2,1-2H3. The second-order valence-electron chi connectivity index (χ2n) is 6.04. The molecule has 1 aromatic carbocycles. The van der Waals surface area contributed by atoms with E-state index >= 15 is 0 Å². The van der Waals surface area contributed by atoms with Crippen molar-refractivity contribution in [3.8, 4) is 0 Å². The van der Waals surface area contributed by atoms with E-state index in [1.54, 1.807) is 0 Å². The Bertz CT molecular complexity index is 582. The maximum absolute atomic E-state index is 4.32. The molecule has 0 bridgehead atoms. The van der Waals surface area contributed by atoms with E-state index in [4.69, 9.17) is 0 Å². The minimum Gasteiger partial charge on any atom is -0.311 e. The normalized spacial score (nSPS) is 23.1. The highest BCUT2D eigenvalue weighted by Crippen LogP contribution is 2.25. The fourth-order valence-electron chi connectivity index (χ4n) is 3.10. The van der Waals surface area contributed by atoms with E-state index in [9.17, 15) is 0 Å². The summed E-state index contributed by atoms with van der Waals surface area (Å²) in [4.78, 5) is 6.89. The molecule has 3 rings (SSSR count). The lowest BCUT2D eigenvalue weighted by atomic mass is 10.0. The molecule has 0 saturated carbocycles. The zero-order valence-corrected chi connectivity index (χ0v) is 12.8. The molecule has 3 heteroatoms. The Labute approximate surface area is 127 Å². The van der Waals surface area contributed by atoms with Crippen LogP contribution in [-0.2, 0) is 6.54 Å². The van der Waals surface area contributed by atoms with Gasteiger partial charge in [-0.15, -0.1) is 0 Å². The molecule has 110 valence electrons. The molecule has 1 fully saturated rings. The Morgan fingerprint density at radius 1 is 1.24 bits per heavy atom. The molecule has 1 aliphatic rings. The number of nitrogens with zero attached hydrogens (tertiary/aromatic N) is 2. The van der Waals surface area contributed by atoms with Crippen molar-refractivity contribution in [3.05, 3.63) is 65.5 Å². The van der Waals surface area contributed by atoms with Crippen molar-refractivity contribution in [3.63, 3.8) is 0 Å². The first kappa shape index (κ1) is 14.2. The topological polar surface area (TPSA) is 28.2 Å². The number of benzene rings is 1. The van der Waals surface area contributed by atoms with Crippen molar-refractivity contribution in [2.75, 3.05) is 13.1 Å². The average molecular weight is 281 g/mol. The summed E-state index contributed by atoms with van der Waals surface area (Å²) in [6.07, 6.45) is 3.90. The molecule has 0 spiro atoms. The first-order valence-corrected chi connectivity index (χ1v) is 7.65. The summed E-state index contributed by atoms with van der Waals surface area (Å²) in [5.74, 6) is 0. The van der Waals surface area contributed by atoms with Gasteiger partial charge in [0.2, 0.25) is 0 Å². The maximum Gasteiger partial charge on any atom is 0.0476 e. The van der Waals surface area contributed by atoms with Gasteiger partial charge in [-0.3, -0.25) is 9.88 Å².